The molecule has 3 atom stereocenters. The van der Waals surface area contributed by atoms with E-state index in [4.69, 9.17) is 14.2 Å². The van der Waals surface area contributed by atoms with Gasteiger partial charge in [0.2, 0.25) is 5.91 Å². The number of amides is 2. The molecule has 0 spiro atoms. The molecule has 3 unspecified atom stereocenters. The van der Waals surface area contributed by atoms with Crippen molar-refractivity contribution < 1.29 is 28.6 Å². The third kappa shape index (κ3) is 7.30. The van der Waals surface area contributed by atoms with Crippen LogP contribution in [0.2, 0.25) is 0 Å². The second-order valence-corrected chi connectivity index (χ2v) is 11.9. The van der Waals surface area contributed by atoms with Crippen LogP contribution < -0.4 is 15.5 Å². The summed E-state index contributed by atoms with van der Waals surface area (Å²) in [6.07, 6.45) is 2.88. The Balaban J connectivity index is 0.000000208. The Kier molecular flexibility index (Phi) is 9.81. The number of aromatic nitrogens is 1. The first kappa shape index (κ1) is 32.3. The fourth-order valence-electron chi connectivity index (χ4n) is 5.28. The number of aromatic amines is 1. The van der Waals surface area contributed by atoms with Gasteiger partial charge >= 0.3 is 12.1 Å². The molecule has 10 nitrogen and oxygen atoms in total. The lowest BCUT2D eigenvalue weighted by atomic mass is 10.1. The Morgan fingerprint density at radius 2 is 1.86 bits per heavy atom. The van der Waals surface area contributed by atoms with Crippen LogP contribution in [0.4, 0.5) is 4.79 Å². The summed E-state index contributed by atoms with van der Waals surface area (Å²) in [6, 6.07) is 16.2. The molecule has 2 amide bonds. The zero-order valence-electron chi connectivity index (χ0n) is 26.0. The van der Waals surface area contributed by atoms with Crippen LogP contribution in [0.5, 0.6) is 5.75 Å². The molecule has 1 saturated carbocycles. The molecule has 2 aromatic carbocycles. The zero-order valence-corrected chi connectivity index (χ0v) is 26.0. The molecule has 2 heterocycles. The van der Waals surface area contributed by atoms with E-state index in [2.05, 4.69) is 16.9 Å². The maximum absolute atomic E-state index is 12.7. The number of ether oxygens (including phenoxy) is 3. The van der Waals surface area contributed by atoms with Gasteiger partial charge in [0.1, 0.15) is 22.9 Å². The average molecular weight is 604 g/mol. The Hall–Kier alpha value is -4.60. The van der Waals surface area contributed by atoms with Gasteiger partial charge in [-0.3, -0.25) is 14.5 Å². The summed E-state index contributed by atoms with van der Waals surface area (Å²) >= 11 is 0. The number of nitrogens with one attached hydrogen (secondary N) is 2. The molecule has 2 fully saturated rings. The molecular formula is C34H41N3O7. The van der Waals surface area contributed by atoms with Crippen LogP contribution in [0.3, 0.4) is 0 Å². The van der Waals surface area contributed by atoms with E-state index in [-0.39, 0.29) is 23.9 Å². The van der Waals surface area contributed by atoms with E-state index >= 15 is 0 Å². The number of benzene rings is 2. The summed E-state index contributed by atoms with van der Waals surface area (Å²) in [6.45, 7) is 11.5. The summed E-state index contributed by atoms with van der Waals surface area (Å²) in [5, 5.41) is 3.48. The third-order valence-electron chi connectivity index (χ3n) is 7.59. The van der Waals surface area contributed by atoms with E-state index in [0.29, 0.717) is 31.2 Å². The molecular weight excluding hydrogens is 562 g/mol. The Bertz CT molecular complexity index is 1580. The molecule has 2 aliphatic rings. The highest BCUT2D eigenvalue weighted by Crippen LogP contribution is 2.45. The second kappa shape index (κ2) is 13.4. The maximum atomic E-state index is 12.7. The van der Waals surface area contributed by atoms with Crippen LogP contribution in [0, 0.1) is 5.92 Å². The maximum Gasteiger partial charge on any atom is 0.410 e. The van der Waals surface area contributed by atoms with E-state index < -0.39 is 29.2 Å². The molecule has 1 aliphatic carbocycles. The number of hydrogen-bond acceptors (Lipinski definition) is 7. The van der Waals surface area contributed by atoms with Gasteiger partial charge in [0.05, 0.1) is 19.2 Å². The van der Waals surface area contributed by atoms with Crippen molar-refractivity contribution in [2.24, 2.45) is 5.92 Å². The van der Waals surface area contributed by atoms with Crippen LogP contribution in [0.15, 0.2) is 72.0 Å². The lowest BCUT2D eigenvalue weighted by Gasteiger charge is -2.29. The highest BCUT2D eigenvalue weighted by molar-refractivity contribution is 5.95. The van der Waals surface area contributed by atoms with Crippen molar-refractivity contribution in [3.8, 4) is 17.0 Å². The van der Waals surface area contributed by atoms with Crippen molar-refractivity contribution in [2.75, 3.05) is 20.3 Å². The van der Waals surface area contributed by atoms with Gasteiger partial charge in [-0.25, -0.2) is 9.59 Å². The van der Waals surface area contributed by atoms with Crippen molar-refractivity contribution in [3.05, 3.63) is 77.5 Å². The third-order valence-corrected chi connectivity index (χ3v) is 7.59. The summed E-state index contributed by atoms with van der Waals surface area (Å²) in [4.78, 5) is 54.2. The quantitative estimate of drug-likeness (QED) is 0.280. The van der Waals surface area contributed by atoms with Crippen molar-refractivity contribution >= 4 is 28.9 Å². The van der Waals surface area contributed by atoms with Crippen LogP contribution in [-0.4, -0.2) is 65.3 Å². The number of pyridine rings is 1. The lowest BCUT2D eigenvalue weighted by molar-refractivity contribution is -0.149. The molecule has 5 rings (SSSR count). The number of carbonyl (C=O) groups is 3. The average Bonchev–Trinajstić information content (AvgIpc) is 3.47. The molecule has 0 radical (unpaired) electrons. The molecule has 1 saturated heterocycles. The predicted octanol–water partition coefficient (Wildman–Crippen LogP) is 5.21. The van der Waals surface area contributed by atoms with Gasteiger partial charge in [0.25, 0.3) is 0 Å². The van der Waals surface area contributed by atoms with Crippen LogP contribution in [-0.2, 0) is 19.1 Å². The van der Waals surface area contributed by atoms with Crippen molar-refractivity contribution in [1.29, 1.82) is 0 Å². The minimum Gasteiger partial charge on any atom is -0.497 e. The summed E-state index contributed by atoms with van der Waals surface area (Å²) in [5.41, 5.74) is 0.922. The number of esters is 1. The number of carbonyl (C=O) groups excluding carboxylic acids is 3. The Morgan fingerprint density at radius 1 is 1.14 bits per heavy atom. The zero-order chi connectivity index (χ0) is 32.1. The van der Waals surface area contributed by atoms with Gasteiger partial charge in [0, 0.05) is 35.7 Å². The van der Waals surface area contributed by atoms with Gasteiger partial charge in [-0.15, -0.1) is 6.58 Å². The number of methoxy groups -OCH3 is 1. The molecule has 1 aliphatic heterocycles. The van der Waals surface area contributed by atoms with Crippen LogP contribution >= 0.6 is 0 Å². The van der Waals surface area contributed by atoms with Gasteiger partial charge in [0.15, 0.2) is 5.43 Å². The van der Waals surface area contributed by atoms with Gasteiger partial charge in [-0.05, 0) is 64.7 Å². The molecule has 2 N–H and O–H groups in total. The van der Waals surface area contributed by atoms with Crippen LogP contribution in [0.1, 0.15) is 47.0 Å². The second-order valence-electron chi connectivity index (χ2n) is 11.9. The summed E-state index contributed by atoms with van der Waals surface area (Å²) in [5.74, 6) is -0.212. The number of nitrogens with zero attached hydrogens (tertiary/aromatic N) is 1. The SMILES string of the molecule is C=CC1CC1(NC(=O)C1CCCN1C(=O)OC(C)(C)C)C(=O)OCC.COc1ccc2c(=O)cc(-c3ccccc3)[nH]c2c1. The highest BCUT2D eigenvalue weighted by Gasteiger charge is 2.61. The van der Waals surface area contributed by atoms with Gasteiger partial charge in [-0.2, -0.15) is 0 Å². The minimum atomic E-state index is -1.04. The summed E-state index contributed by atoms with van der Waals surface area (Å²) in [7, 11) is 1.61. The fraction of sp³-hybridized carbons (Fsp3) is 0.412. The van der Waals surface area contributed by atoms with E-state index in [1.54, 1.807) is 59.1 Å². The van der Waals surface area contributed by atoms with E-state index in [9.17, 15) is 19.2 Å². The topological polar surface area (TPSA) is 127 Å². The number of likely N-dealkylation sites (tertiary alicyclic amines) is 1. The molecule has 234 valence electrons. The van der Waals surface area contributed by atoms with Crippen LogP contribution in [0.25, 0.3) is 22.2 Å². The van der Waals surface area contributed by atoms with Gasteiger partial charge in [-0.1, -0.05) is 36.4 Å². The first-order valence-corrected chi connectivity index (χ1v) is 14.8. The first-order chi connectivity index (χ1) is 20.9. The summed E-state index contributed by atoms with van der Waals surface area (Å²) < 4.78 is 15.7. The predicted molar refractivity (Wildman–Crippen MR) is 168 cm³/mol. The monoisotopic (exact) mass is 603 g/mol. The van der Waals surface area contributed by atoms with Crippen molar-refractivity contribution in [1.82, 2.24) is 15.2 Å². The lowest BCUT2D eigenvalue weighted by Crippen LogP contribution is -2.53. The molecule has 44 heavy (non-hydrogen) atoms. The van der Waals surface area contributed by atoms with Crippen molar-refractivity contribution in [2.45, 2.75) is 64.1 Å². The number of H-pyrrole nitrogens is 1. The van der Waals surface area contributed by atoms with E-state index in [1.807, 2.05) is 36.4 Å². The number of hydrogen-bond donors (Lipinski definition) is 2. The smallest absolute Gasteiger partial charge is 0.410 e. The highest BCUT2D eigenvalue weighted by atomic mass is 16.6. The first-order valence-electron chi connectivity index (χ1n) is 14.8. The van der Waals surface area contributed by atoms with E-state index in [1.165, 1.54) is 4.90 Å². The van der Waals surface area contributed by atoms with Gasteiger partial charge < -0.3 is 24.5 Å². The molecule has 0 bridgehead atoms. The van der Waals surface area contributed by atoms with Crippen molar-refractivity contribution in [3.63, 3.8) is 0 Å². The minimum absolute atomic E-state index is 0.00950. The van der Waals surface area contributed by atoms with E-state index in [0.717, 1.165) is 22.5 Å². The fourth-order valence-corrected chi connectivity index (χ4v) is 5.28. The molecule has 1 aromatic heterocycles. The number of rotatable bonds is 7. The largest absolute Gasteiger partial charge is 0.497 e. The molecule has 10 heteroatoms. The standard InChI is InChI=1S/C18H28N2O5.C16H13NO2/c1-6-12-11-18(12,15(22)24-7-2)19-14(21)13-9-8-10-20(13)16(23)25-17(3,4)5;1-19-12-7-8-13-15(9-12)17-14(10-16(13)18)11-5-3-2-4-6-11/h6,12-13H,1,7-11H2,2-5H3,(H,19,21);2-10H,1H3,(H,17,18). The number of fused-ring (bicyclic) bond motifs is 1. The normalized spacial score (nSPS) is 20.6. The Morgan fingerprint density at radius 3 is 2.48 bits per heavy atom. The molecule has 3 aromatic rings. The Labute approximate surface area is 257 Å².